The van der Waals surface area contributed by atoms with Crippen LogP contribution in [0.2, 0.25) is 0 Å². The van der Waals surface area contributed by atoms with Gasteiger partial charge < -0.3 is 39.3 Å². The molecule has 1 aromatic heterocycles. The Kier molecular flexibility index (Phi) is 12.2. The van der Waals surface area contributed by atoms with Crippen molar-refractivity contribution in [2.24, 2.45) is 0 Å². The van der Waals surface area contributed by atoms with Gasteiger partial charge in [-0.15, -0.1) is 0 Å². The number of pyridine rings is 1. The van der Waals surface area contributed by atoms with E-state index in [4.69, 9.17) is 14.2 Å². The Hall–Kier alpha value is -4.46. The molecule has 4 rings (SSSR count). The highest BCUT2D eigenvalue weighted by atomic mass is 16.6. The summed E-state index contributed by atoms with van der Waals surface area (Å²) in [7, 11) is 0. The van der Waals surface area contributed by atoms with Gasteiger partial charge in [0.05, 0.1) is 18.2 Å². The third kappa shape index (κ3) is 10.0. The quantitative estimate of drug-likeness (QED) is 0.359. The van der Waals surface area contributed by atoms with E-state index in [1.807, 2.05) is 13.0 Å². The number of nitrogens with one attached hydrogen (secondary N) is 1. The standard InChI is InChI=1S/C34H47N5O9/c1-6-46-33(45)39-17-15-38(16-18-39)32(44)25(9-10-30(42)48-34(3,4)5)36-31(43)27-20-28(24-8-7-22(2)19-26(24)35-27)47-21-29(41)37-13-11-23(40)12-14-37/h7-8,19-20,23,25,40H,6,9-18,21H2,1-5H3,(H,36,43)/t25-/m0/s1. The predicted octanol–water partition coefficient (Wildman–Crippen LogP) is 2.43. The van der Waals surface area contributed by atoms with Crippen molar-refractivity contribution in [3.63, 3.8) is 0 Å². The highest BCUT2D eigenvalue weighted by Crippen LogP contribution is 2.27. The van der Waals surface area contributed by atoms with Gasteiger partial charge in [0, 0.05) is 57.1 Å². The fraction of sp³-hybridized carbons (Fsp3) is 0.588. The molecule has 262 valence electrons. The summed E-state index contributed by atoms with van der Waals surface area (Å²) in [5, 5.41) is 13.2. The van der Waals surface area contributed by atoms with Gasteiger partial charge in [-0.3, -0.25) is 19.2 Å². The van der Waals surface area contributed by atoms with E-state index in [0.29, 0.717) is 36.8 Å². The van der Waals surface area contributed by atoms with Crippen LogP contribution in [0.4, 0.5) is 4.79 Å². The molecule has 0 aliphatic carbocycles. The summed E-state index contributed by atoms with van der Waals surface area (Å²) in [5.74, 6) is -1.53. The van der Waals surface area contributed by atoms with Gasteiger partial charge in [-0.1, -0.05) is 6.07 Å². The number of aryl methyl sites for hydroxylation is 1. The molecular formula is C34H47N5O9. The van der Waals surface area contributed by atoms with E-state index in [1.165, 1.54) is 11.0 Å². The number of piperazine rings is 1. The van der Waals surface area contributed by atoms with Crippen molar-refractivity contribution in [3.05, 3.63) is 35.5 Å². The molecule has 0 unspecified atom stereocenters. The Bertz CT molecular complexity index is 1490. The zero-order valence-electron chi connectivity index (χ0n) is 28.5. The number of hydrogen-bond donors (Lipinski definition) is 2. The van der Waals surface area contributed by atoms with Crippen molar-refractivity contribution in [3.8, 4) is 5.75 Å². The first-order valence-corrected chi connectivity index (χ1v) is 16.5. The maximum absolute atomic E-state index is 13.8. The van der Waals surface area contributed by atoms with Crippen molar-refractivity contribution in [2.75, 3.05) is 52.5 Å². The van der Waals surface area contributed by atoms with Crippen LogP contribution in [0.15, 0.2) is 24.3 Å². The van der Waals surface area contributed by atoms with Crippen molar-refractivity contribution >= 4 is 40.7 Å². The highest BCUT2D eigenvalue weighted by molar-refractivity contribution is 5.99. The van der Waals surface area contributed by atoms with Crippen molar-refractivity contribution in [2.45, 2.75) is 78.0 Å². The Morgan fingerprint density at radius 3 is 2.29 bits per heavy atom. The summed E-state index contributed by atoms with van der Waals surface area (Å²) in [6, 6.07) is 5.82. The Balaban J connectivity index is 1.53. The average Bonchev–Trinajstić information content (AvgIpc) is 3.04. The van der Waals surface area contributed by atoms with Gasteiger partial charge >= 0.3 is 12.1 Å². The number of aromatic nitrogens is 1. The number of carbonyl (C=O) groups excluding carboxylic acids is 5. The minimum Gasteiger partial charge on any atom is -0.483 e. The van der Waals surface area contributed by atoms with Gasteiger partial charge in [-0.05, 0) is 71.6 Å². The van der Waals surface area contributed by atoms with Crippen LogP contribution >= 0.6 is 0 Å². The number of amides is 4. The number of esters is 1. The molecule has 1 atom stereocenters. The minimum atomic E-state index is -1.09. The number of hydrogen-bond acceptors (Lipinski definition) is 10. The van der Waals surface area contributed by atoms with Crippen LogP contribution < -0.4 is 10.1 Å². The molecule has 3 heterocycles. The lowest BCUT2D eigenvalue weighted by atomic mass is 10.1. The summed E-state index contributed by atoms with van der Waals surface area (Å²) >= 11 is 0. The Labute approximate surface area is 280 Å². The molecule has 2 aromatic rings. The Morgan fingerprint density at radius 2 is 1.65 bits per heavy atom. The smallest absolute Gasteiger partial charge is 0.409 e. The number of benzene rings is 1. The molecule has 0 radical (unpaired) electrons. The van der Waals surface area contributed by atoms with Crippen LogP contribution in [0.1, 0.15) is 69.4 Å². The number of likely N-dealkylation sites (tertiary alicyclic amines) is 1. The first kappa shape index (κ1) is 36.4. The van der Waals surface area contributed by atoms with E-state index in [1.54, 1.807) is 49.6 Å². The fourth-order valence-corrected chi connectivity index (χ4v) is 5.58. The molecule has 4 amide bonds. The number of ether oxygens (including phenoxy) is 3. The van der Waals surface area contributed by atoms with Crippen LogP contribution in [0.25, 0.3) is 10.9 Å². The van der Waals surface area contributed by atoms with Crippen molar-refractivity contribution < 1.29 is 43.3 Å². The average molecular weight is 670 g/mol. The molecule has 2 saturated heterocycles. The van der Waals surface area contributed by atoms with Crippen LogP contribution in [-0.4, -0.2) is 125 Å². The second-order valence-electron chi connectivity index (χ2n) is 13.1. The summed E-state index contributed by atoms with van der Waals surface area (Å²) in [5.41, 5.74) is 0.620. The van der Waals surface area contributed by atoms with Crippen molar-refractivity contribution in [1.82, 2.24) is 25.0 Å². The highest BCUT2D eigenvalue weighted by Gasteiger charge is 2.32. The zero-order valence-corrected chi connectivity index (χ0v) is 28.5. The lowest BCUT2D eigenvalue weighted by molar-refractivity contribution is -0.155. The van der Waals surface area contributed by atoms with E-state index in [0.717, 1.165) is 5.56 Å². The first-order valence-electron chi connectivity index (χ1n) is 16.5. The van der Waals surface area contributed by atoms with Gasteiger partial charge in [-0.25, -0.2) is 9.78 Å². The number of nitrogens with zero attached hydrogens (tertiary/aromatic N) is 4. The maximum Gasteiger partial charge on any atom is 0.409 e. The lowest BCUT2D eigenvalue weighted by Gasteiger charge is -2.36. The van der Waals surface area contributed by atoms with Gasteiger partial charge in [0.1, 0.15) is 23.1 Å². The third-order valence-corrected chi connectivity index (χ3v) is 8.11. The first-order chi connectivity index (χ1) is 22.7. The number of aliphatic hydroxyl groups is 1. The van der Waals surface area contributed by atoms with E-state index in [9.17, 15) is 29.1 Å². The van der Waals surface area contributed by atoms with Crippen molar-refractivity contribution in [1.29, 1.82) is 0 Å². The molecule has 1 aromatic carbocycles. The van der Waals surface area contributed by atoms with E-state index in [2.05, 4.69) is 10.3 Å². The minimum absolute atomic E-state index is 0.0212. The molecule has 14 heteroatoms. The van der Waals surface area contributed by atoms with Gasteiger partial charge in [0.25, 0.3) is 11.8 Å². The lowest BCUT2D eigenvalue weighted by Crippen LogP contribution is -2.56. The molecule has 0 spiro atoms. The molecule has 2 aliphatic rings. The fourth-order valence-electron chi connectivity index (χ4n) is 5.58. The molecule has 0 saturated carbocycles. The normalized spacial score (nSPS) is 16.3. The summed E-state index contributed by atoms with van der Waals surface area (Å²) in [4.78, 5) is 74.4. The van der Waals surface area contributed by atoms with Crippen LogP contribution in [0.3, 0.4) is 0 Å². The van der Waals surface area contributed by atoms with E-state index in [-0.39, 0.29) is 69.6 Å². The Morgan fingerprint density at radius 1 is 0.979 bits per heavy atom. The van der Waals surface area contributed by atoms with Gasteiger partial charge in [-0.2, -0.15) is 0 Å². The van der Waals surface area contributed by atoms with Crippen LogP contribution in [-0.2, 0) is 23.9 Å². The topological polar surface area (TPSA) is 168 Å². The number of carbonyl (C=O) groups is 5. The number of rotatable bonds is 10. The predicted molar refractivity (Wildman–Crippen MR) is 175 cm³/mol. The third-order valence-electron chi connectivity index (χ3n) is 8.11. The summed E-state index contributed by atoms with van der Waals surface area (Å²) < 4.78 is 16.5. The number of piperidine rings is 1. The van der Waals surface area contributed by atoms with E-state index >= 15 is 0 Å². The van der Waals surface area contributed by atoms with Gasteiger partial charge in [0.15, 0.2) is 6.61 Å². The number of aliphatic hydroxyl groups excluding tert-OH is 1. The SMILES string of the molecule is CCOC(=O)N1CCN(C(=O)[C@H](CCC(=O)OC(C)(C)C)NC(=O)c2cc(OCC(=O)N3CCC(O)CC3)c3ccc(C)cc3n2)CC1. The molecular weight excluding hydrogens is 622 g/mol. The molecule has 0 bridgehead atoms. The number of fused-ring (bicyclic) bond motifs is 1. The van der Waals surface area contributed by atoms with Gasteiger partial charge in [0.2, 0.25) is 5.91 Å². The summed E-state index contributed by atoms with van der Waals surface area (Å²) in [6.45, 7) is 10.7. The molecule has 2 N–H and O–H groups in total. The largest absolute Gasteiger partial charge is 0.483 e. The van der Waals surface area contributed by atoms with E-state index < -0.39 is 41.6 Å². The summed E-state index contributed by atoms with van der Waals surface area (Å²) in [6.07, 6.45) is -0.00770. The van der Waals surface area contributed by atoms with Crippen LogP contribution in [0.5, 0.6) is 5.75 Å². The second-order valence-corrected chi connectivity index (χ2v) is 13.1. The molecule has 2 fully saturated rings. The second kappa shape index (κ2) is 16.1. The monoisotopic (exact) mass is 669 g/mol. The zero-order chi connectivity index (χ0) is 35.0. The molecule has 48 heavy (non-hydrogen) atoms. The molecule has 14 nitrogen and oxygen atoms in total. The maximum atomic E-state index is 13.8. The molecule has 2 aliphatic heterocycles. The van der Waals surface area contributed by atoms with Crippen LogP contribution in [0, 0.1) is 6.92 Å².